The number of aromatic amines is 1. The number of carbonyl (C=O) groups excluding carboxylic acids is 1. The SMILES string of the molecule is CCCN(CC)CCC(=O)CSc1c(-c2cc(Cl)ccc2O)c2cc(C(F)(F)F)ccc2[nH]c1=O. The molecule has 0 saturated heterocycles. The van der Waals surface area contributed by atoms with Crippen LogP contribution in [0.15, 0.2) is 46.1 Å². The molecular formula is C25H26ClF3N2O3S. The van der Waals surface area contributed by atoms with Gasteiger partial charge in [0, 0.05) is 40.0 Å². The topological polar surface area (TPSA) is 73.4 Å². The first-order valence-electron chi connectivity index (χ1n) is 11.2. The molecule has 0 radical (unpaired) electrons. The number of thioether (sulfide) groups is 1. The Morgan fingerprint density at radius 1 is 1.14 bits per heavy atom. The zero-order valence-electron chi connectivity index (χ0n) is 19.3. The van der Waals surface area contributed by atoms with Crippen molar-refractivity contribution in [2.75, 3.05) is 25.4 Å². The number of phenolic OH excluding ortho intramolecular Hbond substituents is 1. The van der Waals surface area contributed by atoms with E-state index in [4.69, 9.17) is 11.6 Å². The maximum atomic E-state index is 13.5. The normalized spacial score (nSPS) is 12.0. The van der Waals surface area contributed by atoms with Crippen LogP contribution >= 0.6 is 23.4 Å². The molecule has 0 spiro atoms. The molecule has 0 atom stereocenters. The Balaban J connectivity index is 2.07. The molecule has 0 unspecified atom stereocenters. The van der Waals surface area contributed by atoms with Crippen LogP contribution in [-0.2, 0) is 11.0 Å². The molecule has 188 valence electrons. The summed E-state index contributed by atoms with van der Waals surface area (Å²) in [4.78, 5) is 30.4. The van der Waals surface area contributed by atoms with Crippen molar-refractivity contribution in [3.05, 3.63) is 57.3 Å². The monoisotopic (exact) mass is 526 g/mol. The predicted molar refractivity (Wildman–Crippen MR) is 134 cm³/mol. The summed E-state index contributed by atoms with van der Waals surface area (Å²) in [5.41, 5.74) is -1.07. The Labute approximate surface area is 210 Å². The molecule has 0 fully saturated rings. The molecule has 2 aromatic carbocycles. The summed E-state index contributed by atoms with van der Waals surface area (Å²) in [7, 11) is 0. The lowest BCUT2D eigenvalue weighted by molar-refractivity contribution is -0.137. The van der Waals surface area contributed by atoms with Crippen LogP contribution in [-0.4, -0.2) is 46.2 Å². The number of aromatic nitrogens is 1. The highest BCUT2D eigenvalue weighted by molar-refractivity contribution is 8.00. The molecule has 5 nitrogen and oxygen atoms in total. The molecule has 3 rings (SSSR count). The van der Waals surface area contributed by atoms with Crippen LogP contribution in [0.3, 0.4) is 0 Å². The second-order valence-electron chi connectivity index (χ2n) is 8.09. The first-order valence-corrected chi connectivity index (χ1v) is 12.5. The number of nitrogens with zero attached hydrogens (tertiary/aromatic N) is 1. The van der Waals surface area contributed by atoms with Gasteiger partial charge in [-0.1, -0.05) is 25.4 Å². The molecule has 0 aliphatic heterocycles. The molecule has 0 aliphatic carbocycles. The van der Waals surface area contributed by atoms with E-state index in [1.807, 2.05) is 6.92 Å². The van der Waals surface area contributed by atoms with E-state index in [1.54, 1.807) is 0 Å². The van der Waals surface area contributed by atoms with Gasteiger partial charge in [0.1, 0.15) is 11.5 Å². The Morgan fingerprint density at radius 3 is 2.54 bits per heavy atom. The highest BCUT2D eigenvalue weighted by atomic mass is 35.5. The van der Waals surface area contributed by atoms with Crippen molar-refractivity contribution in [1.82, 2.24) is 9.88 Å². The number of nitrogens with one attached hydrogen (secondary N) is 1. The average Bonchev–Trinajstić information content (AvgIpc) is 2.80. The summed E-state index contributed by atoms with van der Waals surface area (Å²) in [5, 5.41) is 10.8. The van der Waals surface area contributed by atoms with E-state index in [2.05, 4.69) is 16.8 Å². The van der Waals surface area contributed by atoms with Gasteiger partial charge < -0.3 is 15.0 Å². The quantitative estimate of drug-likeness (QED) is 0.301. The minimum Gasteiger partial charge on any atom is -0.507 e. The van der Waals surface area contributed by atoms with Crippen LogP contribution in [0.2, 0.25) is 5.02 Å². The minimum absolute atomic E-state index is 0.0362. The third-order valence-corrected chi connectivity index (χ3v) is 6.98. The number of pyridine rings is 1. The fraction of sp³-hybridized carbons (Fsp3) is 0.360. The number of H-pyrrole nitrogens is 1. The van der Waals surface area contributed by atoms with Gasteiger partial charge in [-0.15, -0.1) is 11.8 Å². The van der Waals surface area contributed by atoms with Gasteiger partial charge in [0.15, 0.2) is 0 Å². The largest absolute Gasteiger partial charge is 0.507 e. The molecule has 1 heterocycles. The van der Waals surface area contributed by atoms with Crippen molar-refractivity contribution in [1.29, 1.82) is 0 Å². The third-order valence-electron chi connectivity index (χ3n) is 5.60. The van der Waals surface area contributed by atoms with Crippen LogP contribution in [0.1, 0.15) is 32.3 Å². The lowest BCUT2D eigenvalue weighted by Crippen LogP contribution is -2.27. The molecule has 35 heavy (non-hydrogen) atoms. The van der Waals surface area contributed by atoms with Gasteiger partial charge in [0.2, 0.25) is 0 Å². The van der Waals surface area contributed by atoms with Gasteiger partial charge >= 0.3 is 6.18 Å². The smallest absolute Gasteiger partial charge is 0.416 e. The minimum atomic E-state index is -4.61. The van der Waals surface area contributed by atoms with Gasteiger partial charge in [-0.3, -0.25) is 9.59 Å². The standard InChI is InChI=1S/C25H26ClF3N2O3S/c1-3-10-31(4-2)11-9-17(32)14-35-23-22(19-13-16(26)6-8-21(19)33)18-12-15(25(27,28)29)5-7-20(18)30-24(23)34/h5-8,12-13,33H,3-4,9-11,14H2,1-2H3,(H,30,34). The number of alkyl halides is 3. The molecule has 10 heteroatoms. The zero-order chi connectivity index (χ0) is 25.8. The van der Waals surface area contributed by atoms with Gasteiger partial charge in [-0.2, -0.15) is 13.2 Å². The van der Waals surface area contributed by atoms with E-state index in [0.717, 1.165) is 43.4 Å². The number of benzene rings is 2. The second-order valence-corrected chi connectivity index (χ2v) is 9.51. The Bertz CT molecular complexity index is 1280. The number of rotatable bonds is 10. The summed E-state index contributed by atoms with van der Waals surface area (Å²) in [6.07, 6.45) is -3.34. The van der Waals surface area contributed by atoms with Gasteiger partial charge in [0.05, 0.1) is 16.2 Å². The average molecular weight is 527 g/mol. The highest BCUT2D eigenvalue weighted by Crippen LogP contribution is 2.42. The lowest BCUT2D eigenvalue weighted by Gasteiger charge is -2.19. The number of hydrogen-bond acceptors (Lipinski definition) is 5. The van der Waals surface area contributed by atoms with Crippen LogP contribution < -0.4 is 5.56 Å². The van der Waals surface area contributed by atoms with Crippen molar-refractivity contribution in [2.45, 2.75) is 37.8 Å². The van der Waals surface area contributed by atoms with E-state index >= 15 is 0 Å². The summed E-state index contributed by atoms with van der Waals surface area (Å²) < 4.78 is 40.4. The van der Waals surface area contributed by atoms with Crippen molar-refractivity contribution < 1.29 is 23.1 Å². The van der Waals surface area contributed by atoms with Crippen molar-refractivity contribution in [2.24, 2.45) is 0 Å². The second kappa shape index (κ2) is 11.5. The maximum absolute atomic E-state index is 13.5. The van der Waals surface area contributed by atoms with Crippen LogP contribution in [0.5, 0.6) is 5.75 Å². The Hall–Kier alpha value is -2.49. The van der Waals surface area contributed by atoms with Crippen molar-refractivity contribution in [3.8, 4) is 16.9 Å². The first-order chi connectivity index (χ1) is 16.5. The van der Waals surface area contributed by atoms with Crippen LogP contribution in [0, 0.1) is 0 Å². The number of Topliss-reactive ketones (excluding diaryl/α,β-unsaturated/α-hetero) is 1. The van der Waals surface area contributed by atoms with Crippen molar-refractivity contribution in [3.63, 3.8) is 0 Å². The summed E-state index contributed by atoms with van der Waals surface area (Å²) in [5.74, 6) is -0.370. The number of phenols is 1. The van der Waals surface area contributed by atoms with E-state index in [-0.39, 0.29) is 49.2 Å². The molecule has 2 N–H and O–H groups in total. The Morgan fingerprint density at radius 2 is 1.89 bits per heavy atom. The van der Waals surface area contributed by atoms with Gasteiger partial charge in [-0.05, 0) is 55.9 Å². The van der Waals surface area contributed by atoms with Crippen molar-refractivity contribution >= 4 is 40.0 Å². The Kier molecular flexibility index (Phi) is 8.90. The fourth-order valence-corrected chi connectivity index (χ4v) is 4.99. The number of carbonyl (C=O) groups is 1. The first kappa shape index (κ1) is 27.1. The van der Waals surface area contributed by atoms with E-state index < -0.39 is 17.3 Å². The van der Waals surface area contributed by atoms with E-state index in [1.165, 1.54) is 24.3 Å². The van der Waals surface area contributed by atoms with Crippen LogP contribution in [0.25, 0.3) is 22.0 Å². The third kappa shape index (κ3) is 6.59. The van der Waals surface area contributed by atoms with E-state index in [0.29, 0.717) is 13.0 Å². The van der Waals surface area contributed by atoms with Gasteiger partial charge in [-0.25, -0.2) is 0 Å². The predicted octanol–water partition coefficient (Wildman–Crippen LogP) is 6.36. The van der Waals surface area contributed by atoms with E-state index in [9.17, 15) is 27.9 Å². The summed E-state index contributed by atoms with van der Waals surface area (Å²) in [6.45, 7) is 6.36. The summed E-state index contributed by atoms with van der Waals surface area (Å²) >= 11 is 7.05. The van der Waals surface area contributed by atoms with Gasteiger partial charge in [0.25, 0.3) is 5.56 Å². The molecule has 0 bridgehead atoms. The number of halogens is 4. The lowest BCUT2D eigenvalue weighted by atomic mass is 9.98. The fourth-order valence-electron chi connectivity index (χ4n) is 3.82. The number of hydrogen-bond donors (Lipinski definition) is 2. The zero-order valence-corrected chi connectivity index (χ0v) is 20.9. The molecule has 1 aromatic heterocycles. The maximum Gasteiger partial charge on any atom is 0.416 e. The molecule has 0 amide bonds. The highest BCUT2D eigenvalue weighted by Gasteiger charge is 2.31. The number of fused-ring (bicyclic) bond motifs is 1. The summed E-state index contributed by atoms with van der Waals surface area (Å²) in [6, 6.07) is 7.12. The molecule has 0 aliphatic rings. The number of ketones is 1. The molecule has 3 aromatic rings. The number of aromatic hydroxyl groups is 1. The molecular weight excluding hydrogens is 501 g/mol. The van der Waals surface area contributed by atoms with Crippen LogP contribution in [0.4, 0.5) is 13.2 Å². The molecule has 0 saturated carbocycles.